The Balaban J connectivity index is 1.81. The normalized spacial score (nSPS) is 22.4. The van der Waals surface area contributed by atoms with E-state index in [4.69, 9.17) is 4.74 Å². The SMILES string of the molecule is COC(=O)C[C@H](NC(=O)[C@@H]1C[C@@H](O)CN1C(=O)[C@H](NC(=O)C1(F)CC1)C(C)(C)C)c1ccc(Br)cc1. The van der Waals surface area contributed by atoms with Gasteiger partial charge in [-0.3, -0.25) is 19.2 Å². The van der Waals surface area contributed by atoms with Crippen LogP contribution in [0.4, 0.5) is 4.39 Å². The van der Waals surface area contributed by atoms with Crippen molar-refractivity contribution in [3.63, 3.8) is 0 Å². The summed E-state index contributed by atoms with van der Waals surface area (Å²) < 4.78 is 19.9. The molecule has 0 spiro atoms. The molecule has 0 radical (unpaired) electrons. The Kier molecular flexibility index (Phi) is 8.44. The van der Waals surface area contributed by atoms with Crippen molar-refractivity contribution in [3.8, 4) is 0 Å². The van der Waals surface area contributed by atoms with E-state index >= 15 is 0 Å². The quantitative estimate of drug-likeness (QED) is 0.412. The monoisotopic (exact) mass is 569 g/mol. The summed E-state index contributed by atoms with van der Waals surface area (Å²) >= 11 is 3.35. The summed E-state index contributed by atoms with van der Waals surface area (Å²) in [6.07, 6.45) is -0.888. The molecule has 3 amide bonds. The second-order valence-electron chi connectivity index (χ2n) is 10.5. The number of nitrogens with one attached hydrogen (secondary N) is 2. The van der Waals surface area contributed by atoms with Crippen LogP contribution in [-0.2, 0) is 23.9 Å². The number of hydrogen-bond donors (Lipinski definition) is 3. The second-order valence-corrected chi connectivity index (χ2v) is 11.4. The highest BCUT2D eigenvalue weighted by Gasteiger charge is 2.53. The minimum Gasteiger partial charge on any atom is -0.469 e. The molecule has 1 aliphatic carbocycles. The Morgan fingerprint density at radius 2 is 1.81 bits per heavy atom. The average molecular weight is 570 g/mol. The predicted molar refractivity (Wildman–Crippen MR) is 132 cm³/mol. The van der Waals surface area contributed by atoms with Crippen molar-refractivity contribution in [1.29, 1.82) is 0 Å². The van der Waals surface area contributed by atoms with Gasteiger partial charge < -0.3 is 25.4 Å². The molecule has 11 heteroatoms. The summed E-state index contributed by atoms with van der Waals surface area (Å²) in [6.45, 7) is 5.08. The largest absolute Gasteiger partial charge is 0.469 e. The van der Waals surface area contributed by atoms with Gasteiger partial charge in [-0.25, -0.2) is 4.39 Å². The maximum Gasteiger partial charge on any atom is 0.307 e. The standard InChI is InChI=1S/C25H33BrFN3O6/c1-24(2,3)20(29-23(35)25(27)9-10-25)22(34)30-13-16(31)11-18(30)21(33)28-17(12-19(32)36-4)14-5-7-15(26)8-6-14/h5-8,16-18,20,31H,9-13H2,1-4H3,(H,28,33)(H,29,35)/t16-,17+,18+,20+/m1/s1. The van der Waals surface area contributed by atoms with Crippen molar-refractivity contribution in [3.05, 3.63) is 34.3 Å². The first-order chi connectivity index (χ1) is 16.7. The van der Waals surface area contributed by atoms with Crippen LogP contribution in [0.3, 0.4) is 0 Å². The third kappa shape index (κ3) is 6.61. The van der Waals surface area contributed by atoms with E-state index in [0.29, 0.717) is 5.56 Å². The molecule has 0 unspecified atom stereocenters. The van der Waals surface area contributed by atoms with Gasteiger partial charge in [0.2, 0.25) is 11.8 Å². The minimum atomic E-state index is -1.96. The van der Waals surface area contributed by atoms with E-state index in [1.54, 1.807) is 45.0 Å². The van der Waals surface area contributed by atoms with Crippen molar-refractivity contribution in [2.24, 2.45) is 5.41 Å². The van der Waals surface area contributed by atoms with Crippen LogP contribution in [0.2, 0.25) is 0 Å². The molecule has 3 N–H and O–H groups in total. The summed E-state index contributed by atoms with van der Waals surface area (Å²) in [7, 11) is 1.25. The Morgan fingerprint density at radius 1 is 1.19 bits per heavy atom. The Morgan fingerprint density at radius 3 is 2.33 bits per heavy atom. The van der Waals surface area contributed by atoms with E-state index in [1.807, 2.05) is 0 Å². The third-order valence-electron chi connectivity index (χ3n) is 6.54. The summed E-state index contributed by atoms with van der Waals surface area (Å²) in [4.78, 5) is 52.6. The first-order valence-corrected chi connectivity index (χ1v) is 12.7. The zero-order valence-electron chi connectivity index (χ0n) is 20.8. The van der Waals surface area contributed by atoms with Gasteiger partial charge in [-0.2, -0.15) is 0 Å². The number of benzene rings is 1. The number of carbonyl (C=O) groups excluding carboxylic acids is 4. The van der Waals surface area contributed by atoms with Crippen molar-refractivity contribution in [2.45, 2.75) is 76.4 Å². The number of nitrogens with zero attached hydrogens (tertiary/aromatic N) is 1. The van der Waals surface area contributed by atoms with Crippen LogP contribution in [0.15, 0.2) is 28.7 Å². The van der Waals surface area contributed by atoms with Gasteiger partial charge in [0, 0.05) is 17.4 Å². The first kappa shape index (κ1) is 28.0. The Hall–Kier alpha value is -2.53. The molecule has 0 bridgehead atoms. The van der Waals surface area contributed by atoms with Crippen LogP contribution in [0.1, 0.15) is 58.1 Å². The summed E-state index contributed by atoms with van der Waals surface area (Å²) in [5.74, 6) is -2.51. The lowest BCUT2D eigenvalue weighted by Crippen LogP contribution is -2.59. The van der Waals surface area contributed by atoms with Crippen LogP contribution in [0.5, 0.6) is 0 Å². The smallest absolute Gasteiger partial charge is 0.307 e. The number of likely N-dealkylation sites (tertiary alicyclic amines) is 1. The highest BCUT2D eigenvalue weighted by atomic mass is 79.9. The molecule has 9 nitrogen and oxygen atoms in total. The maximum atomic E-state index is 14.3. The van der Waals surface area contributed by atoms with E-state index in [-0.39, 0.29) is 32.2 Å². The molecular weight excluding hydrogens is 537 g/mol. The van der Waals surface area contributed by atoms with E-state index in [1.165, 1.54) is 12.0 Å². The van der Waals surface area contributed by atoms with Gasteiger partial charge in [-0.05, 0) is 36.0 Å². The zero-order chi connectivity index (χ0) is 26.8. The van der Waals surface area contributed by atoms with Gasteiger partial charge in [-0.15, -0.1) is 0 Å². The van der Waals surface area contributed by atoms with Gasteiger partial charge in [-0.1, -0.05) is 48.8 Å². The molecule has 3 rings (SSSR count). The molecule has 2 aliphatic rings. The van der Waals surface area contributed by atoms with Gasteiger partial charge in [0.05, 0.1) is 25.7 Å². The number of aliphatic hydroxyl groups is 1. The van der Waals surface area contributed by atoms with Gasteiger partial charge >= 0.3 is 5.97 Å². The highest BCUT2D eigenvalue weighted by molar-refractivity contribution is 9.10. The number of ether oxygens (including phenoxy) is 1. The fourth-order valence-corrected chi connectivity index (χ4v) is 4.45. The molecule has 36 heavy (non-hydrogen) atoms. The predicted octanol–water partition coefficient (Wildman–Crippen LogP) is 2.16. The fourth-order valence-electron chi connectivity index (χ4n) is 4.18. The summed E-state index contributed by atoms with van der Waals surface area (Å²) in [6, 6.07) is 4.18. The third-order valence-corrected chi connectivity index (χ3v) is 7.07. The molecule has 4 atom stereocenters. The average Bonchev–Trinajstić information content (AvgIpc) is 3.44. The Bertz CT molecular complexity index is 1010. The fraction of sp³-hybridized carbons (Fsp3) is 0.600. The number of esters is 1. The van der Waals surface area contributed by atoms with Crippen LogP contribution < -0.4 is 10.6 Å². The number of carbonyl (C=O) groups is 4. The molecule has 2 fully saturated rings. The number of β-amino-alcohol motifs (C(OH)–C–C–N with tert-alkyl or cyclic N) is 1. The first-order valence-electron chi connectivity index (χ1n) is 11.9. The molecule has 1 saturated heterocycles. The highest BCUT2D eigenvalue weighted by Crippen LogP contribution is 2.40. The number of hydrogen-bond acceptors (Lipinski definition) is 6. The minimum absolute atomic E-state index is 0.0132. The van der Waals surface area contributed by atoms with Crippen LogP contribution in [0, 0.1) is 5.41 Å². The topological polar surface area (TPSA) is 125 Å². The van der Waals surface area contributed by atoms with E-state index in [2.05, 4.69) is 26.6 Å². The molecule has 198 valence electrons. The molecule has 0 aromatic heterocycles. The lowest BCUT2D eigenvalue weighted by molar-refractivity contribution is -0.145. The van der Waals surface area contributed by atoms with Crippen LogP contribution in [0.25, 0.3) is 0 Å². The van der Waals surface area contributed by atoms with Gasteiger partial charge in [0.15, 0.2) is 5.67 Å². The number of amides is 3. The molecule has 1 saturated carbocycles. The lowest BCUT2D eigenvalue weighted by Gasteiger charge is -2.36. The number of halogens is 2. The number of methoxy groups -OCH3 is 1. The zero-order valence-corrected chi connectivity index (χ0v) is 22.4. The van der Waals surface area contributed by atoms with E-state index < -0.39 is 59.0 Å². The van der Waals surface area contributed by atoms with Gasteiger partial charge in [0.1, 0.15) is 12.1 Å². The van der Waals surface area contributed by atoms with Crippen molar-refractivity contribution in [2.75, 3.05) is 13.7 Å². The van der Waals surface area contributed by atoms with E-state index in [0.717, 1.165) is 4.47 Å². The number of alkyl halides is 1. The van der Waals surface area contributed by atoms with Gasteiger partial charge in [0.25, 0.3) is 5.91 Å². The molecule has 1 aliphatic heterocycles. The second kappa shape index (κ2) is 10.8. The molecule has 1 aromatic rings. The maximum absolute atomic E-state index is 14.3. The number of rotatable bonds is 8. The molecular formula is C25H33BrFN3O6. The van der Waals surface area contributed by atoms with Crippen LogP contribution >= 0.6 is 15.9 Å². The van der Waals surface area contributed by atoms with Crippen LogP contribution in [-0.4, -0.2) is 71.2 Å². The summed E-state index contributed by atoms with van der Waals surface area (Å²) in [5, 5.41) is 15.7. The van der Waals surface area contributed by atoms with Crippen molar-refractivity contribution < 1.29 is 33.4 Å². The molecule has 1 heterocycles. The van der Waals surface area contributed by atoms with Crippen molar-refractivity contribution in [1.82, 2.24) is 15.5 Å². The number of aliphatic hydroxyl groups excluding tert-OH is 1. The molecule has 1 aromatic carbocycles. The summed E-state index contributed by atoms with van der Waals surface area (Å²) in [5.41, 5.74) is -2.08. The van der Waals surface area contributed by atoms with Crippen molar-refractivity contribution >= 4 is 39.6 Å². The Labute approximate surface area is 218 Å². The lowest BCUT2D eigenvalue weighted by atomic mass is 9.85. The van der Waals surface area contributed by atoms with E-state index in [9.17, 15) is 28.7 Å².